The number of para-hydroxylation sites is 1. The molecule has 0 saturated heterocycles. The molecule has 0 aliphatic rings. The summed E-state index contributed by atoms with van der Waals surface area (Å²) in [4.78, 5) is 12.1. The van der Waals surface area contributed by atoms with Gasteiger partial charge in [-0.1, -0.05) is 59.7 Å². The quantitative estimate of drug-likeness (QED) is 0.699. The van der Waals surface area contributed by atoms with Crippen molar-refractivity contribution in [2.75, 3.05) is 5.32 Å². The lowest BCUT2D eigenvalue weighted by molar-refractivity contribution is 0.251. The number of carbonyl (C=O) groups is 1. The Kier molecular flexibility index (Phi) is 5.65. The van der Waals surface area contributed by atoms with Crippen LogP contribution in [-0.4, -0.2) is 11.1 Å². The van der Waals surface area contributed by atoms with Gasteiger partial charge in [0, 0.05) is 12.2 Å². The smallest absolute Gasteiger partial charge is 0.319 e. The number of amides is 2. The second-order valence-corrected chi connectivity index (χ2v) is 8.71. The average molecular weight is 354 g/mol. The van der Waals surface area contributed by atoms with Crippen molar-refractivity contribution < 1.29 is 9.90 Å². The van der Waals surface area contributed by atoms with Crippen LogP contribution in [0.1, 0.15) is 58.2 Å². The first-order valence-electron chi connectivity index (χ1n) is 8.95. The predicted octanol–water partition coefficient (Wildman–Crippen LogP) is 5.31. The SMILES string of the molecule is CC(C)(C)c1cc(CNC(=O)Nc2ccccc2)cc(C(C)(C)C)c1O. The van der Waals surface area contributed by atoms with Crippen molar-refractivity contribution in [2.24, 2.45) is 0 Å². The van der Waals surface area contributed by atoms with E-state index in [2.05, 4.69) is 52.2 Å². The molecule has 4 nitrogen and oxygen atoms in total. The summed E-state index contributed by atoms with van der Waals surface area (Å²) in [7, 11) is 0. The van der Waals surface area contributed by atoms with E-state index in [0.717, 1.165) is 22.4 Å². The average Bonchev–Trinajstić information content (AvgIpc) is 2.52. The molecule has 0 spiro atoms. The lowest BCUT2D eigenvalue weighted by Gasteiger charge is -2.28. The Bertz CT molecular complexity index is 734. The first-order valence-corrected chi connectivity index (χ1v) is 8.95. The molecule has 0 aliphatic carbocycles. The van der Waals surface area contributed by atoms with Gasteiger partial charge in [-0.3, -0.25) is 0 Å². The number of phenols is 1. The largest absolute Gasteiger partial charge is 0.507 e. The number of benzene rings is 2. The van der Waals surface area contributed by atoms with Crippen LogP contribution in [0.25, 0.3) is 0 Å². The van der Waals surface area contributed by atoms with Gasteiger partial charge in [-0.2, -0.15) is 0 Å². The molecular weight excluding hydrogens is 324 g/mol. The van der Waals surface area contributed by atoms with Gasteiger partial charge in [-0.25, -0.2) is 4.79 Å². The van der Waals surface area contributed by atoms with Crippen LogP contribution < -0.4 is 10.6 Å². The van der Waals surface area contributed by atoms with Crippen molar-refractivity contribution in [3.63, 3.8) is 0 Å². The Balaban J connectivity index is 2.22. The summed E-state index contributed by atoms with van der Waals surface area (Å²) in [5, 5.41) is 16.5. The van der Waals surface area contributed by atoms with E-state index < -0.39 is 0 Å². The zero-order valence-corrected chi connectivity index (χ0v) is 16.6. The summed E-state index contributed by atoms with van der Waals surface area (Å²) in [6, 6.07) is 13.0. The minimum Gasteiger partial charge on any atom is -0.507 e. The Morgan fingerprint density at radius 2 is 1.42 bits per heavy atom. The van der Waals surface area contributed by atoms with Gasteiger partial charge in [0.05, 0.1) is 0 Å². The maximum Gasteiger partial charge on any atom is 0.319 e. The van der Waals surface area contributed by atoms with Crippen LogP contribution in [0.3, 0.4) is 0 Å². The summed E-state index contributed by atoms with van der Waals surface area (Å²) in [6.45, 7) is 12.9. The zero-order valence-electron chi connectivity index (χ0n) is 16.6. The minimum atomic E-state index is -0.251. The molecule has 0 aromatic heterocycles. The second kappa shape index (κ2) is 7.40. The second-order valence-electron chi connectivity index (χ2n) is 8.71. The normalized spacial score (nSPS) is 11.9. The molecule has 0 unspecified atom stereocenters. The fourth-order valence-electron chi connectivity index (χ4n) is 2.82. The number of hydrogen-bond donors (Lipinski definition) is 3. The summed E-state index contributed by atoms with van der Waals surface area (Å²) in [5.41, 5.74) is 3.14. The van der Waals surface area contributed by atoms with Gasteiger partial charge in [0.25, 0.3) is 0 Å². The molecule has 2 aromatic rings. The highest BCUT2D eigenvalue weighted by molar-refractivity contribution is 5.89. The van der Waals surface area contributed by atoms with E-state index in [4.69, 9.17) is 0 Å². The third kappa shape index (κ3) is 5.01. The lowest BCUT2D eigenvalue weighted by Crippen LogP contribution is -2.28. The number of anilines is 1. The van der Waals surface area contributed by atoms with Crippen LogP contribution in [0, 0.1) is 0 Å². The van der Waals surface area contributed by atoms with Gasteiger partial charge in [0.15, 0.2) is 0 Å². The summed E-state index contributed by atoms with van der Waals surface area (Å²) >= 11 is 0. The molecule has 0 radical (unpaired) electrons. The number of aromatic hydroxyl groups is 1. The van der Waals surface area contributed by atoms with E-state index in [1.54, 1.807) is 0 Å². The number of carbonyl (C=O) groups excluding carboxylic acids is 1. The third-order valence-corrected chi connectivity index (χ3v) is 4.27. The number of hydrogen-bond acceptors (Lipinski definition) is 2. The number of urea groups is 1. The molecule has 4 heteroatoms. The maximum atomic E-state index is 12.1. The molecule has 0 atom stereocenters. The first-order chi connectivity index (χ1) is 12.0. The molecule has 0 bridgehead atoms. The van der Waals surface area contributed by atoms with Crippen LogP contribution in [0.5, 0.6) is 5.75 Å². The molecule has 0 aliphatic heterocycles. The fourth-order valence-corrected chi connectivity index (χ4v) is 2.82. The van der Waals surface area contributed by atoms with Crippen LogP contribution in [0.2, 0.25) is 0 Å². The van der Waals surface area contributed by atoms with E-state index in [1.807, 2.05) is 42.5 Å². The van der Waals surface area contributed by atoms with E-state index >= 15 is 0 Å². The minimum absolute atomic E-state index is 0.188. The predicted molar refractivity (Wildman–Crippen MR) is 108 cm³/mol. The molecular formula is C22H30N2O2. The van der Waals surface area contributed by atoms with Crippen LogP contribution in [-0.2, 0) is 17.4 Å². The van der Waals surface area contributed by atoms with Crippen molar-refractivity contribution in [2.45, 2.75) is 58.9 Å². The van der Waals surface area contributed by atoms with E-state index in [1.165, 1.54) is 0 Å². The van der Waals surface area contributed by atoms with Gasteiger partial charge in [-0.15, -0.1) is 0 Å². The number of rotatable bonds is 3. The van der Waals surface area contributed by atoms with Crippen molar-refractivity contribution in [1.82, 2.24) is 5.32 Å². The van der Waals surface area contributed by atoms with Gasteiger partial charge < -0.3 is 15.7 Å². The lowest BCUT2D eigenvalue weighted by atomic mass is 9.78. The van der Waals surface area contributed by atoms with Crippen LogP contribution in [0.4, 0.5) is 10.5 Å². The highest BCUT2D eigenvalue weighted by Gasteiger charge is 2.26. The van der Waals surface area contributed by atoms with E-state index in [0.29, 0.717) is 12.3 Å². The number of nitrogens with one attached hydrogen (secondary N) is 2. The van der Waals surface area contributed by atoms with E-state index in [9.17, 15) is 9.90 Å². The van der Waals surface area contributed by atoms with Gasteiger partial charge in [-0.05, 0) is 51.8 Å². The Morgan fingerprint density at radius 1 is 0.923 bits per heavy atom. The highest BCUT2D eigenvalue weighted by Crippen LogP contribution is 2.39. The third-order valence-electron chi connectivity index (χ3n) is 4.27. The standard InChI is InChI=1S/C22H30N2O2/c1-21(2,3)17-12-15(13-18(19(17)25)22(4,5)6)14-23-20(26)24-16-10-8-7-9-11-16/h7-13,25H,14H2,1-6H3,(H2,23,24,26). The zero-order chi connectivity index (χ0) is 19.5. The fraction of sp³-hybridized carbons (Fsp3) is 0.409. The Morgan fingerprint density at radius 3 is 1.88 bits per heavy atom. The van der Waals surface area contributed by atoms with Gasteiger partial charge in [0.2, 0.25) is 0 Å². The molecule has 3 N–H and O–H groups in total. The molecule has 0 heterocycles. The number of phenolic OH excluding ortho intramolecular Hbond substituents is 1. The summed E-state index contributed by atoms with van der Waals surface area (Å²) in [5.74, 6) is 0.350. The summed E-state index contributed by atoms with van der Waals surface area (Å²) < 4.78 is 0. The van der Waals surface area contributed by atoms with Crippen molar-refractivity contribution >= 4 is 11.7 Å². The molecule has 26 heavy (non-hydrogen) atoms. The molecule has 2 amide bonds. The first kappa shape index (κ1) is 19.8. The van der Waals surface area contributed by atoms with Gasteiger partial charge in [0.1, 0.15) is 5.75 Å². The molecule has 0 saturated carbocycles. The Hall–Kier alpha value is -2.49. The maximum absolute atomic E-state index is 12.1. The van der Waals surface area contributed by atoms with E-state index in [-0.39, 0.29) is 16.9 Å². The van der Waals surface area contributed by atoms with Crippen LogP contribution in [0.15, 0.2) is 42.5 Å². The van der Waals surface area contributed by atoms with Gasteiger partial charge >= 0.3 is 6.03 Å². The molecule has 140 valence electrons. The van der Waals surface area contributed by atoms with Crippen LogP contribution >= 0.6 is 0 Å². The van der Waals surface area contributed by atoms with Crippen molar-refractivity contribution in [3.05, 3.63) is 59.2 Å². The van der Waals surface area contributed by atoms with Crippen molar-refractivity contribution in [3.8, 4) is 5.75 Å². The Labute approximate surface area is 156 Å². The topological polar surface area (TPSA) is 61.4 Å². The van der Waals surface area contributed by atoms with Crippen molar-refractivity contribution in [1.29, 1.82) is 0 Å². The molecule has 2 aromatic carbocycles. The highest BCUT2D eigenvalue weighted by atomic mass is 16.3. The monoisotopic (exact) mass is 354 g/mol. The molecule has 0 fully saturated rings. The summed E-state index contributed by atoms with van der Waals surface area (Å²) in [6.07, 6.45) is 0. The molecule has 2 rings (SSSR count).